The Balaban J connectivity index is 2.18. The molecule has 0 saturated heterocycles. The molecule has 1 heterocycles. The first kappa shape index (κ1) is 16.8. The molecule has 9 nitrogen and oxygen atoms in total. The Bertz CT molecular complexity index is 1080. The first-order valence-corrected chi connectivity index (χ1v) is 8.25. The molecule has 2 aromatic carbocycles. The molecule has 0 radical (unpaired) electrons. The fourth-order valence-electron chi connectivity index (χ4n) is 2.26. The van der Waals surface area contributed by atoms with Crippen molar-refractivity contribution in [3.8, 4) is 34.3 Å². The van der Waals surface area contributed by atoms with Crippen LogP contribution in [0, 0.1) is 0 Å². The Labute approximate surface area is 139 Å². The topological polar surface area (TPSA) is 158 Å². The van der Waals surface area contributed by atoms with Gasteiger partial charge in [-0.25, -0.2) is 4.57 Å². The quantitative estimate of drug-likeness (QED) is 0.437. The number of rotatable bonds is 3. The highest BCUT2D eigenvalue weighted by atomic mass is 31.2. The maximum atomic E-state index is 12.2. The number of phosphoric ester groups is 1. The highest BCUT2D eigenvalue weighted by Gasteiger charge is 2.20. The number of hydrogen-bond acceptors (Lipinski definition) is 7. The van der Waals surface area contributed by atoms with E-state index in [1.54, 1.807) is 0 Å². The van der Waals surface area contributed by atoms with Gasteiger partial charge >= 0.3 is 7.82 Å². The van der Waals surface area contributed by atoms with E-state index in [9.17, 15) is 24.7 Å². The number of fused-ring (bicyclic) bond motifs is 1. The Morgan fingerprint density at radius 2 is 1.68 bits per heavy atom. The maximum absolute atomic E-state index is 12.2. The number of phenolic OH excluding ortho intramolecular Hbond substituents is 3. The van der Waals surface area contributed by atoms with E-state index < -0.39 is 30.5 Å². The van der Waals surface area contributed by atoms with Crippen molar-refractivity contribution >= 4 is 18.8 Å². The average molecular weight is 366 g/mol. The van der Waals surface area contributed by atoms with Gasteiger partial charge in [0.15, 0.2) is 16.9 Å². The molecule has 0 atom stereocenters. The normalized spacial score (nSPS) is 11.6. The van der Waals surface area contributed by atoms with E-state index in [0.717, 1.165) is 30.3 Å². The maximum Gasteiger partial charge on any atom is 0.524 e. The Kier molecular flexibility index (Phi) is 3.92. The van der Waals surface area contributed by atoms with Crippen molar-refractivity contribution in [2.45, 2.75) is 0 Å². The van der Waals surface area contributed by atoms with Gasteiger partial charge in [0.25, 0.3) is 0 Å². The third kappa shape index (κ3) is 3.43. The van der Waals surface area contributed by atoms with Crippen LogP contribution in [0.15, 0.2) is 45.6 Å². The SMILES string of the molecule is O=c1cc(-c2ccc(O)c(OP(=O)(O)O)c2)oc2cc(O)cc(O)c12. The average Bonchev–Trinajstić information content (AvgIpc) is 2.46. The fraction of sp³-hybridized carbons (Fsp3) is 0. The van der Waals surface area contributed by atoms with Crippen LogP contribution in [0.2, 0.25) is 0 Å². The molecule has 0 saturated carbocycles. The zero-order valence-corrected chi connectivity index (χ0v) is 13.2. The summed E-state index contributed by atoms with van der Waals surface area (Å²) in [6.45, 7) is 0. The zero-order valence-electron chi connectivity index (χ0n) is 12.3. The summed E-state index contributed by atoms with van der Waals surface area (Å²) in [6.07, 6.45) is 0. The molecular formula is C15H11O9P. The third-order valence-corrected chi connectivity index (χ3v) is 3.69. The lowest BCUT2D eigenvalue weighted by atomic mass is 10.1. The van der Waals surface area contributed by atoms with E-state index >= 15 is 0 Å². The second-order valence-corrected chi connectivity index (χ2v) is 6.24. The molecular weight excluding hydrogens is 355 g/mol. The van der Waals surface area contributed by atoms with Crippen LogP contribution in [0.25, 0.3) is 22.3 Å². The highest BCUT2D eigenvalue weighted by molar-refractivity contribution is 7.46. The minimum Gasteiger partial charge on any atom is -0.508 e. The van der Waals surface area contributed by atoms with E-state index in [2.05, 4.69) is 4.52 Å². The summed E-state index contributed by atoms with van der Waals surface area (Å²) in [4.78, 5) is 29.9. The smallest absolute Gasteiger partial charge is 0.508 e. The van der Waals surface area contributed by atoms with E-state index in [4.69, 9.17) is 14.2 Å². The number of hydrogen-bond donors (Lipinski definition) is 5. The number of aromatic hydroxyl groups is 3. The second kappa shape index (κ2) is 5.82. The van der Waals surface area contributed by atoms with Crippen molar-refractivity contribution in [3.63, 3.8) is 0 Å². The van der Waals surface area contributed by atoms with Crippen molar-refractivity contribution in [1.82, 2.24) is 0 Å². The number of phenols is 3. The molecule has 3 aromatic rings. The Morgan fingerprint density at radius 1 is 0.960 bits per heavy atom. The third-order valence-electron chi connectivity index (χ3n) is 3.26. The van der Waals surface area contributed by atoms with E-state index in [-0.39, 0.29) is 28.0 Å². The lowest BCUT2D eigenvalue weighted by molar-refractivity contribution is 0.278. The van der Waals surface area contributed by atoms with Gasteiger partial charge in [0.2, 0.25) is 0 Å². The summed E-state index contributed by atoms with van der Waals surface area (Å²) >= 11 is 0. The van der Waals surface area contributed by atoms with Crippen LogP contribution >= 0.6 is 7.82 Å². The van der Waals surface area contributed by atoms with Crippen molar-refractivity contribution in [2.24, 2.45) is 0 Å². The molecule has 5 N–H and O–H groups in total. The monoisotopic (exact) mass is 366 g/mol. The molecule has 1 aromatic heterocycles. The molecule has 0 aliphatic rings. The van der Waals surface area contributed by atoms with Gasteiger partial charge in [0.1, 0.15) is 28.2 Å². The summed E-state index contributed by atoms with van der Waals surface area (Å²) in [5.41, 5.74) is -0.520. The van der Waals surface area contributed by atoms with Crippen LogP contribution < -0.4 is 9.95 Å². The van der Waals surface area contributed by atoms with Gasteiger partial charge in [-0.15, -0.1) is 0 Å². The standard InChI is InChI=1S/C15H11O9P/c16-8-4-10(18)15-11(19)6-12(23-14(15)5-8)7-1-2-9(17)13(3-7)24-25(20,21)22/h1-6,16-18H,(H2,20,21,22). The first-order valence-electron chi connectivity index (χ1n) is 6.72. The Hall–Kier alpha value is -3.00. The van der Waals surface area contributed by atoms with E-state index in [1.807, 2.05) is 0 Å². The fourth-order valence-corrected chi connectivity index (χ4v) is 2.67. The number of benzene rings is 2. The molecule has 0 spiro atoms. The van der Waals surface area contributed by atoms with Crippen LogP contribution in [0.5, 0.6) is 23.0 Å². The summed E-state index contributed by atoms with van der Waals surface area (Å²) in [6, 6.07) is 6.67. The second-order valence-electron chi connectivity index (χ2n) is 5.08. The van der Waals surface area contributed by atoms with Crippen molar-refractivity contribution < 1.29 is 38.6 Å². The molecule has 0 bridgehead atoms. The molecule has 130 valence electrons. The van der Waals surface area contributed by atoms with Crippen LogP contribution in [0.4, 0.5) is 0 Å². The molecule has 0 aliphatic heterocycles. The molecule has 25 heavy (non-hydrogen) atoms. The summed E-state index contributed by atoms with van der Waals surface area (Å²) in [7, 11) is -4.91. The van der Waals surface area contributed by atoms with Crippen molar-refractivity contribution in [3.05, 3.63) is 46.6 Å². The summed E-state index contributed by atoms with van der Waals surface area (Å²) in [5.74, 6) is -1.83. The van der Waals surface area contributed by atoms with Crippen LogP contribution in [-0.4, -0.2) is 25.1 Å². The predicted molar refractivity (Wildman–Crippen MR) is 85.6 cm³/mol. The molecule has 3 rings (SSSR count). The first-order chi connectivity index (χ1) is 11.6. The molecule has 0 unspecified atom stereocenters. The zero-order chi connectivity index (χ0) is 18.4. The number of phosphoric acid groups is 1. The molecule has 10 heteroatoms. The van der Waals surface area contributed by atoms with Crippen LogP contribution in [0.3, 0.4) is 0 Å². The largest absolute Gasteiger partial charge is 0.524 e. The van der Waals surface area contributed by atoms with Crippen molar-refractivity contribution in [1.29, 1.82) is 0 Å². The van der Waals surface area contributed by atoms with Crippen molar-refractivity contribution in [2.75, 3.05) is 0 Å². The van der Waals surface area contributed by atoms with Gasteiger partial charge in [-0.1, -0.05) is 0 Å². The van der Waals surface area contributed by atoms with Gasteiger partial charge in [0, 0.05) is 23.8 Å². The van der Waals surface area contributed by atoms with Crippen LogP contribution in [0.1, 0.15) is 0 Å². The van der Waals surface area contributed by atoms with Gasteiger partial charge < -0.3 is 24.3 Å². The van der Waals surface area contributed by atoms with Crippen LogP contribution in [-0.2, 0) is 4.57 Å². The van der Waals surface area contributed by atoms with E-state index in [0.29, 0.717) is 0 Å². The molecule has 0 aliphatic carbocycles. The Morgan fingerprint density at radius 3 is 2.36 bits per heavy atom. The summed E-state index contributed by atoms with van der Waals surface area (Å²) in [5, 5.41) is 28.7. The molecule has 0 amide bonds. The lowest BCUT2D eigenvalue weighted by Crippen LogP contribution is -2.01. The van der Waals surface area contributed by atoms with Gasteiger partial charge in [-0.3, -0.25) is 14.6 Å². The van der Waals surface area contributed by atoms with Gasteiger partial charge in [0.05, 0.1) is 0 Å². The highest BCUT2D eigenvalue weighted by Crippen LogP contribution is 2.43. The molecule has 0 fully saturated rings. The summed E-state index contributed by atoms with van der Waals surface area (Å²) < 4.78 is 20.8. The van der Waals surface area contributed by atoms with Gasteiger partial charge in [-0.05, 0) is 18.2 Å². The lowest BCUT2D eigenvalue weighted by Gasteiger charge is -2.10. The van der Waals surface area contributed by atoms with Gasteiger partial charge in [-0.2, -0.15) is 0 Å². The minimum atomic E-state index is -4.91. The van der Waals surface area contributed by atoms with E-state index in [1.165, 1.54) is 6.07 Å². The minimum absolute atomic E-state index is 0.0296. The predicted octanol–water partition coefficient (Wildman–Crippen LogP) is 2.05.